The van der Waals surface area contributed by atoms with Gasteiger partial charge >= 0.3 is 6.09 Å². The summed E-state index contributed by atoms with van der Waals surface area (Å²) in [4.78, 5) is 12.9. The molecule has 1 rings (SSSR count). The van der Waals surface area contributed by atoms with Gasteiger partial charge < -0.3 is 15.4 Å². The molecule has 0 aromatic heterocycles. The third kappa shape index (κ3) is 2.59. The van der Waals surface area contributed by atoms with Crippen molar-refractivity contribution in [3.05, 3.63) is 0 Å². The highest BCUT2D eigenvalue weighted by Gasteiger charge is 2.32. The summed E-state index contributed by atoms with van der Waals surface area (Å²) in [6.45, 7) is 2.82. The van der Waals surface area contributed by atoms with Gasteiger partial charge in [-0.2, -0.15) is 0 Å². The summed E-state index contributed by atoms with van der Waals surface area (Å²) < 4.78 is 4.65. The van der Waals surface area contributed by atoms with Gasteiger partial charge in [0, 0.05) is 18.6 Å². The smallest absolute Gasteiger partial charge is 0.409 e. The first-order valence-electron chi connectivity index (χ1n) is 4.75. The van der Waals surface area contributed by atoms with Gasteiger partial charge in [0.25, 0.3) is 0 Å². The van der Waals surface area contributed by atoms with E-state index in [0.29, 0.717) is 6.04 Å². The predicted molar refractivity (Wildman–Crippen MR) is 50.4 cm³/mol. The van der Waals surface area contributed by atoms with Gasteiger partial charge in [0.15, 0.2) is 0 Å². The van der Waals surface area contributed by atoms with Crippen LogP contribution >= 0.6 is 0 Å². The quantitative estimate of drug-likeness (QED) is 0.714. The zero-order chi connectivity index (χ0) is 9.84. The Kier molecular flexibility index (Phi) is 3.54. The van der Waals surface area contributed by atoms with Crippen LogP contribution in [0.1, 0.15) is 26.2 Å². The number of hydrogen-bond acceptors (Lipinski definition) is 3. The van der Waals surface area contributed by atoms with E-state index in [9.17, 15) is 4.79 Å². The van der Waals surface area contributed by atoms with Gasteiger partial charge in [-0.3, -0.25) is 0 Å². The number of methoxy groups -OCH3 is 1. The lowest BCUT2D eigenvalue weighted by molar-refractivity contribution is 0.0567. The number of rotatable bonds is 3. The summed E-state index contributed by atoms with van der Waals surface area (Å²) in [6, 6.07) is 0.582. The first-order valence-corrected chi connectivity index (χ1v) is 4.75. The van der Waals surface area contributed by atoms with Crippen molar-refractivity contribution in [2.45, 2.75) is 38.3 Å². The van der Waals surface area contributed by atoms with Crippen LogP contribution in [0.2, 0.25) is 0 Å². The van der Waals surface area contributed by atoms with Gasteiger partial charge in [0.1, 0.15) is 0 Å². The fraction of sp³-hybridized carbons (Fsp3) is 0.889. The van der Waals surface area contributed by atoms with Gasteiger partial charge in [-0.05, 0) is 26.2 Å². The highest BCUT2D eigenvalue weighted by molar-refractivity contribution is 5.68. The van der Waals surface area contributed by atoms with Gasteiger partial charge in [-0.25, -0.2) is 4.79 Å². The minimum atomic E-state index is -0.207. The van der Waals surface area contributed by atoms with Crippen molar-refractivity contribution in [2.24, 2.45) is 5.73 Å². The zero-order valence-corrected chi connectivity index (χ0v) is 8.32. The maximum Gasteiger partial charge on any atom is 0.409 e. The van der Waals surface area contributed by atoms with Crippen LogP contribution in [0.3, 0.4) is 0 Å². The molecule has 1 fully saturated rings. The molecule has 0 aliphatic carbocycles. The van der Waals surface area contributed by atoms with E-state index in [1.54, 1.807) is 4.90 Å². The molecule has 13 heavy (non-hydrogen) atoms. The van der Waals surface area contributed by atoms with Crippen molar-refractivity contribution in [3.63, 3.8) is 0 Å². The molecule has 4 heteroatoms. The number of hydrogen-bond donors (Lipinski definition) is 1. The molecule has 4 nitrogen and oxygen atoms in total. The second-order valence-electron chi connectivity index (χ2n) is 3.66. The molecule has 0 saturated carbocycles. The van der Waals surface area contributed by atoms with E-state index in [-0.39, 0.29) is 12.1 Å². The molecule has 2 atom stereocenters. The summed E-state index contributed by atoms with van der Waals surface area (Å²) in [6.07, 6.45) is 2.84. The lowest BCUT2D eigenvalue weighted by atomic mass is 9.97. The molecule has 0 radical (unpaired) electrons. The Labute approximate surface area is 79.0 Å². The highest BCUT2D eigenvalue weighted by atomic mass is 16.5. The Balaban J connectivity index is 2.24. The van der Waals surface area contributed by atoms with Crippen molar-refractivity contribution >= 4 is 6.09 Å². The molecule has 0 bridgehead atoms. The summed E-state index contributed by atoms with van der Waals surface area (Å²) in [5.74, 6) is 0. The van der Waals surface area contributed by atoms with Crippen molar-refractivity contribution in [1.29, 1.82) is 0 Å². The van der Waals surface area contributed by atoms with E-state index in [0.717, 1.165) is 25.8 Å². The fourth-order valence-electron chi connectivity index (χ4n) is 1.55. The topological polar surface area (TPSA) is 55.6 Å². The average Bonchev–Trinajstić information content (AvgIpc) is 2.01. The third-order valence-corrected chi connectivity index (χ3v) is 2.51. The molecule has 0 spiro atoms. The van der Waals surface area contributed by atoms with Gasteiger partial charge in [0.05, 0.1) is 7.11 Å². The molecule has 76 valence electrons. The molecule has 1 amide bonds. The normalized spacial score (nSPS) is 23.6. The van der Waals surface area contributed by atoms with Crippen molar-refractivity contribution in [2.75, 3.05) is 13.7 Å². The largest absolute Gasteiger partial charge is 0.453 e. The number of carbonyl (C=O) groups is 1. The van der Waals surface area contributed by atoms with Crippen LogP contribution in [0.15, 0.2) is 0 Å². The SMILES string of the molecule is COC(=O)N1CCC1CCC(C)N. The van der Waals surface area contributed by atoms with E-state index >= 15 is 0 Å². The molecule has 2 unspecified atom stereocenters. The Hall–Kier alpha value is -0.770. The van der Waals surface area contributed by atoms with Gasteiger partial charge in [0.2, 0.25) is 0 Å². The minimum Gasteiger partial charge on any atom is -0.453 e. The molecular formula is C9H18N2O2. The fourth-order valence-corrected chi connectivity index (χ4v) is 1.55. The molecule has 0 aromatic carbocycles. The van der Waals surface area contributed by atoms with Crippen LogP contribution < -0.4 is 5.73 Å². The molecular weight excluding hydrogens is 168 g/mol. The van der Waals surface area contributed by atoms with Crippen LogP contribution in [-0.2, 0) is 4.74 Å². The number of carbonyl (C=O) groups excluding carboxylic acids is 1. The predicted octanol–water partition coefficient (Wildman–Crippen LogP) is 0.954. The first-order chi connectivity index (χ1) is 6.15. The van der Waals surface area contributed by atoms with Crippen LogP contribution in [0.5, 0.6) is 0 Å². The van der Waals surface area contributed by atoms with E-state index in [1.165, 1.54) is 7.11 Å². The molecule has 0 aromatic rings. The van der Waals surface area contributed by atoms with Crippen molar-refractivity contribution < 1.29 is 9.53 Å². The van der Waals surface area contributed by atoms with E-state index in [2.05, 4.69) is 4.74 Å². The van der Waals surface area contributed by atoms with Crippen molar-refractivity contribution in [3.8, 4) is 0 Å². The molecule has 1 saturated heterocycles. The maximum atomic E-state index is 11.1. The number of ether oxygens (including phenoxy) is 1. The lowest BCUT2D eigenvalue weighted by Crippen LogP contribution is -2.51. The average molecular weight is 186 g/mol. The van der Waals surface area contributed by atoms with Gasteiger partial charge in [-0.15, -0.1) is 0 Å². The van der Waals surface area contributed by atoms with Crippen LogP contribution in [0.4, 0.5) is 4.79 Å². The maximum absolute atomic E-state index is 11.1. The monoisotopic (exact) mass is 186 g/mol. The second kappa shape index (κ2) is 4.46. The number of nitrogens with two attached hydrogens (primary N) is 1. The summed E-state index contributed by atoms with van der Waals surface area (Å²) in [5.41, 5.74) is 5.64. The van der Waals surface area contributed by atoms with Crippen LogP contribution in [0.25, 0.3) is 0 Å². The van der Waals surface area contributed by atoms with E-state index < -0.39 is 0 Å². The standard InChI is InChI=1S/C9H18N2O2/c1-7(10)3-4-8-5-6-11(8)9(12)13-2/h7-8H,3-6,10H2,1-2H3. The van der Waals surface area contributed by atoms with Crippen LogP contribution in [0, 0.1) is 0 Å². The second-order valence-corrected chi connectivity index (χ2v) is 3.66. The minimum absolute atomic E-state index is 0.207. The zero-order valence-electron chi connectivity index (χ0n) is 8.32. The first kappa shape index (κ1) is 10.3. The van der Waals surface area contributed by atoms with E-state index in [4.69, 9.17) is 5.73 Å². The number of amides is 1. The van der Waals surface area contributed by atoms with Gasteiger partial charge in [-0.1, -0.05) is 0 Å². The van der Waals surface area contributed by atoms with Crippen LogP contribution in [-0.4, -0.2) is 36.7 Å². The molecule has 1 aliphatic heterocycles. The Bertz CT molecular complexity index is 182. The summed E-state index contributed by atoms with van der Waals surface area (Å²) >= 11 is 0. The summed E-state index contributed by atoms with van der Waals surface area (Å²) in [7, 11) is 1.42. The lowest BCUT2D eigenvalue weighted by Gasteiger charge is -2.40. The Morgan fingerprint density at radius 2 is 2.46 bits per heavy atom. The Morgan fingerprint density at radius 3 is 2.85 bits per heavy atom. The van der Waals surface area contributed by atoms with E-state index in [1.807, 2.05) is 6.92 Å². The molecule has 1 aliphatic rings. The summed E-state index contributed by atoms with van der Waals surface area (Å²) in [5, 5.41) is 0. The third-order valence-electron chi connectivity index (χ3n) is 2.51. The Morgan fingerprint density at radius 1 is 1.77 bits per heavy atom. The molecule has 2 N–H and O–H groups in total. The number of likely N-dealkylation sites (tertiary alicyclic amines) is 1. The highest BCUT2D eigenvalue weighted by Crippen LogP contribution is 2.22. The molecule has 1 heterocycles. The number of nitrogens with zero attached hydrogens (tertiary/aromatic N) is 1. The van der Waals surface area contributed by atoms with Crippen molar-refractivity contribution in [1.82, 2.24) is 4.90 Å².